The Balaban J connectivity index is 1.54. The SMILES string of the molecule is CCCCCOc1ccc(C(=O)NCc2nc(C)cc(N3CCCCC3)n2)cc1. The predicted octanol–water partition coefficient (Wildman–Crippen LogP) is 4.27. The van der Waals surface area contributed by atoms with E-state index in [9.17, 15) is 4.79 Å². The molecule has 2 heterocycles. The largest absolute Gasteiger partial charge is 0.494 e. The molecule has 1 aromatic carbocycles. The van der Waals surface area contributed by atoms with Gasteiger partial charge < -0.3 is 15.0 Å². The summed E-state index contributed by atoms with van der Waals surface area (Å²) < 4.78 is 5.70. The number of nitrogens with zero attached hydrogens (tertiary/aromatic N) is 3. The van der Waals surface area contributed by atoms with Crippen molar-refractivity contribution < 1.29 is 9.53 Å². The first-order valence-corrected chi connectivity index (χ1v) is 10.8. The highest BCUT2D eigenvalue weighted by Gasteiger charge is 2.14. The average molecular weight is 397 g/mol. The number of carbonyl (C=O) groups is 1. The second kappa shape index (κ2) is 10.8. The molecule has 0 saturated carbocycles. The van der Waals surface area contributed by atoms with Crippen LogP contribution >= 0.6 is 0 Å². The maximum absolute atomic E-state index is 12.5. The quantitative estimate of drug-likeness (QED) is 0.641. The summed E-state index contributed by atoms with van der Waals surface area (Å²) in [4.78, 5) is 23.9. The van der Waals surface area contributed by atoms with Gasteiger partial charge in [-0.05, 0) is 56.9 Å². The minimum atomic E-state index is -0.132. The summed E-state index contributed by atoms with van der Waals surface area (Å²) in [6, 6.07) is 9.30. The lowest BCUT2D eigenvalue weighted by molar-refractivity contribution is 0.0950. The molecule has 3 rings (SSSR count). The Kier molecular flexibility index (Phi) is 7.85. The van der Waals surface area contributed by atoms with Gasteiger partial charge in [-0.2, -0.15) is 0 Å². The smallest absolute Gasteiger partial charge is 0.251 e. The molecule has 1 N–H and O–H groups in total. The summed E-state index contributed by atoms with van der Waals surface area (Å²) in [5.74, 6) is 2.28. The Labute approximate surface area is 173 Å². The van der Waals surface area contributed by atoms with Gasteiger partial charge in [0.1, 0.15) is 17.4 Å². The van der Waals surface area contributed by atoms with Gasteiger partial charge in [-0.25, -0.2) is 9.97 Å². The first-order chi connectivity index (χ1) is 14.2. The molecule has 0 spiro atoms. The molecular formula is C23H32N4O2. The van der Waals surface area contributed by atoms with Crippen molar-refractivity contribution in [1.82, 2.24) is 15.3 Å². The Morgan fingerprint density at radius 2 is 1.86 bits per heavy atom. The minimum absolute atomic E-state index is 0.132. The van der Waals surface area contributed by atoms with E-state index < -0.39 is 0 Å². The van der Waals surface area contributed by atoms with Crippen molar-refractivity contribution in [2.75, 3.05) is 24.6 Å². The number of ether oxygens (including phenoxy) is 1. The van der Waals surface area contributed by atoms with Gasteiger partial charge in [0.15, 0.2) is 0 Å². The van der Waals surface area contributed by atoms with Crippen LogP contribution in [0.4, 0.5) is 5.82 Å². The van der Waals surface area contributed by atoms with E-state index in [1.807, 2.05) is 25.1 Å². The molecule has 2 aromatic rings. The molecule has 6 heteroatoms. The maximum atomic E-state index is 12.5. The zero-order chi connectivity index (χ0) is 20.5. The van der Waals surface area contributed by atoms with Crippen molar-refractivity contribution in [3.05, 3.63) is 47.4 Å². The van der Waals surface area contributed by atoms with Gasteiger partial charge in [-0.1, -0.05) is 19.8 Å². The van der Waals surface area contributed by atoms with E-state index in [1.54, 1.807) is 12.1 Å². The number of aromatic nitrogens is 2. The second-order valence-corrected chi connectivity index (χ2v) is 7.59. The molecule has 1 fully saturated rings. The molecular weight excluding hydrogens is 364 g/mol. The van der Waals surface area contributed by atoms with Crippen LogP contribution in [0, 0.1) is 6.92 Å². The summed E-state index contributed by atoms with van der Waals surface area (Å²) >= 11 is 0. The van der Waals surface area contributed by atoms with Crippen LogP contribution in [-0.4, -0.2) is 35.6 Å². The number of amides is 1. The minimum Gasteiger partial charge on any atom is -0.494 e. The first-order valence-electron chi connectivity index (χ1n) is 10.8. The Bertz CT molecular complexity index is 786. The van der Waals surface area contributed by atoms with Crippen molar-refractivity contribution in [2.24, 2.45) is 0 Å². The van der Waals surface area contributed by atoms with Gasteiger partial charge in [0.25, 0.3) is 5.91 Å². The number of anilines is 1. The van der Waals surface area contributed by atoms with E-state index in [0.717, 1.165) is 36.8 Å². The van der Waals surface area contributed by atoms with E-state index in [-0.39, 0.29) is 5.91 Å². The van der Waals surface area contributed by atoms with E-state index >= 15 is 0 Å². The van der Waals surface area contributed by atoms with Crippen LogP contribution in [0.3, 0.4) is 0 Å². The van der Waals surface area contributed by atoms with Crippen molar-refractivity contribution in [3.63, 3.8) is 0 Å². The van der Waals surface area contributed by atoms with Crippen molar-refractivity contribution in [2.45, 2.75) is 58.9 Å². The summed E-state index contributed by atoms with van der Waals surface area (Å²) in [6.45, 7) is 7.24. The lowest BCUT2D eigenvalue weighted by Gasteiger charge is -2.28. The third-order valence-corrected chi connectivity index (χ3v) is 5.11. The number of unbranched alkanes of at least 4 members (excludes halogenated alkanes) is 2. The Morgan fingerprint density at radius 1 is 1.10 bits per heavy atom. The monoisotopic (exact) mass is 396 g/mol. The molecule has 0 radical (unpaired) electrons. The van der Waals surface area contributed by atoms with Crippen molar-refractivity contribution in [3.8, 4) is 5.75 Å². The molecule has 156 valence electrons. The van der Waals surface area contributed by atoms with E-state index in [4.69, 9.17) is 4.74 Å². The average Bonchev–Trinajstić information content (AvgIpc) is 2.76. The van der Waals surface area contributed by atoms with E-state index in [2.05, 4.69) is 27.1 Å². The summed E-state index contributed by atoms with van der Waals surface area (Å²) in [6.07, 6.45) is 7.08. The number of carbonyl (C=O) groups excluding carboxylic acids is 1. The second-order valence-electron chi connectivity index (χ2n) is 7.59. The molecule has 29 heavy (non-hydrogen) atoms. The van der Waals surface area contributed by atoms with Gasteiger partial charge in [-0.3, -0.25) is 4.79 Å². The van der Waals surface area contributed by atoms with Crippen molar-refractivity contribution >= 4 is 11.7 Å². The molecule has 0 aliphatic carbocycles. The van der Waals surface area contributed by atoms with Gasteiger partial charge >= 0.3 is 0 Å². The van der Waals surface area contributed by atoms with Gasteiger partial charge in [0.2, 0.25) is 0 Å². The molecule has 1 aliphatic rings. The molecule has 0 bridgehead atoms. The third kappa shape index (κ3) is 6.44. The highest BCUT2D eigenvalue weighted by atomic mass is 16.5. The lowest BCUT2D eigenvalue weighted by Crippen LogP contribution is -2.31. The fourth-order valence-electron chi connectivity index (χ4n) is 3.48. The fraction of sp³-hybridized carbons (Fsp3) is 0.522. The molecule has 0 atom stereocenters. The standard InChI is InChI=1S/C23H32N4O2/c1-3-4-8-15-29-20-11-9-19(10-12-20)23(28)24-17-21-25-18(2)16-22(26-21)27-13-6-5-7-14-27/h9-12,16H,3-8,13-15,17H2,1-2H3,(H,24,28). The maximum Gasteiger partial charge on any atom is 0.251 e. The van der Waals surface area contributed by atoms with E-state index in [1.165, 1.54) is 32.1 Å². The molecule has 1 aliphatic heterocycles. The van der Waals surface area contributed by atoms with Gasteiger partial charge in [0.05, 0.1) is 13.2 Å². The number of aryl methyl sites for hydroxylation is 1. The highest BCUT2D eigenvalue weighted by Crippen LogP contribution is 2.18. The number of rotatable bonds is 9. The molecule has 1 amide bonds. The fourth-order valence-corrected chi connectivity index (χ4v) is 3.48. The lowest BCUT2D eigenvalue weighted by atomic mass is 10.1. The topological polar surface area (TPSA) is 67.3 Å². The first kappa shape index (κ1) is 21.1. The Hall–Kier alpha value is -2.63. The van der Waals surface area contributed by atoms with Crippen LogP contribution in [-0.2, 0) is 6.54 Å². The Morgan fingerprint density at radius 3 is 2.59 bits per heavy atom. The number of hydrogen-bond donors (Lipinski definition) is 1. The van der Waals surface area contributed by atoms with Crippen molar-refractivity contribution in [1.29, 1.82) is 0 Å². The van der Waals surface area contributed by atoms with Gasteiger partial charge in [-0.15, -0.1) is 0 Å². The van der Waals surface area contributed by atoms with Gasteiger partial charge in [0, 0.05) is 30.4 Å². The number of hydrogen-bond acceptors (Lipinski definition) is 5. The van der Waals surface area contributed by atoms with Crippen LogP contribution in [0.5, 0.6) is 5.75 Å². The predicted molar refractivity (Wildman–Crippen MR) is 115 cm³/mol. The number of benzene rings is 1. The highest BCUT2D eigenvalue weighted by molar-refractivity contribution is 5.94. The molecule has 1 saturated heterocycles. The van der Waals surface area contributed by atoms with Crippen LogP contribution < -0.4 is 15.0 Å². The zero-order valence-electron chi connectivity index (χ0n) is 17.6. The third-order valence-electron chi connectivity index (χ3n) is 5.11. The molecule has 0 unspecified atom stereocenters. The number of nitrogens with one attached hydrogen (secondary N) is 1. The van der Waals surface area contributed by atoms with Crippen LogP contribution in [0.1, 0.15) is 67.3 Å². The van der Waals surface area contributed by atoms with E-state index in [0.29, 0.717) is 24.5 Å². The van der Waals surface area contributed by atoms with Crippen LogP contribution in [0.15, 0.2) is 30.3 Å². The zero-order valence-corrected chi connectivity index (χ0v) is 17.6. The summed E-state index contributed by atoms with van der Waals surface area (Å²) in [5.41, 5.74) is 1.53. The summed E-state index contributed by atoms with van der Waals surface area (Å²) in [5, 5.41) is 2.93. The normalized spacial score (nSPS) is 13.9. The van der Waals surface area contributed by atoms with Crippen LogP contribution in [0.25, 0.3) is 0 Å². The molecule has 1 aromatic heterocycles. The summed E-state index contributed by atoms with van der Waals surface area (Å²) in [7, 11) is 0. The van der Waals surface area contributed by atoms with Crippen LogP contribution in [0.2, 0.25) is 0 Å². The number of piperidine rings is 1. The molecule has 6 nitrogen and oxygen atoms in total.